The third-order valence-corrected chi connectivity index (χ3v) is 2.96. The van der Waals surface area contributed by atoms with Crippen LogP contribution in [-0.4, -0.2) is 24.3 Å². The van der Waals surface area contributed by atoms with E-state index in [2.05, 4.69) is 19.9 Å². The number of imidazole rings is 1. The van der Waals surface area contributed by atoms with Crippen LogP contribution in [-0.2, 0) is 0 Å². The molecule has 4 rings (SSSR count). The van der Waals surface area contributed by atoms with Gasteiger partial charge in [-0.25, -0.2) is 4.98 Å². The lowest BCUT2D eigenvalue weighted by Gasteiger charge is -1.98. The molecule has 4 aromatic heterocycles. The van der Waals surface area contributed by atoms with Gasteiger partial charge < -0.3 is 4.98 Å². The number of fused-ring (bicyclic) bond motifs is 4. The van der Waals surface area contributed by atoms with Crippen molar-refractivity contribution < 1.29 is 0 Å². The fourth-order valence-corrected chi connectivity index (χ4v) is 2.13. The van der Waals surface area contributed by atoms with Crippen LogP contribution in [0.3, 0.4) is 0 Å². The molecule has 0 amide bonds. The van der Waals surface area contributed by atoms with Gasteiger partial charge in [0.25, 0.3) is 0 Å². The summed E-state index contributed by atoms with van der Waals surface area (Å²) in [4.78, 5) is 27.8. The Hall–Kier alpha value is -2.76. The average molecular weight is 237 g/mol. The van der Waals surface area contributed by atoms with Crippen molar-refractivity contribution in [2.45, 2.75) is 0 Å². The molecule has 0 aliphatic rings. The van der Waals surface area contributed by atoms with E-state index in [9.17, 15) is 4.79 Å². The number of nitrogens with one attached hydrogen (secondary N) is 1. The lowest BCUT2D eigenvalue weighted by Crippen LogP contribution is -2.04. The molecule has 1 N–H and O–H groups in total. The van der Waals surface area contributed by atoms with Gasteiger partial charge in [-0.3, -0.25) is 19.2 Å². The van der Waals surface area contributed by atoms with Gasteiger partial charge in [0.05, 0.1) is 23.3 Å². The minimum absolute atomic E-state index is 0.0927. The molecule has 0 spiro atoms. The summed E-state index contributed by atoms with van der Waals surface area (Å²) in [5.41, 5.74) is 2.34. The summed E-state index contributed by atoms with van der Waals surface area (Å²) in [7, 11) is 0. The van der Waals surface area contributed by atoms with Gasteiger partial charge in [0, 0.05) is 18.6 Å². The van der Waals surface area contributed by atoms with E-state index in [1.165, 1.54) is 0 Å². The minimum Gasteiger partial charge on any atom is -0.338 e. The van der Waals surface area contributed by atoms with Crippen LogP contribution in [0, 0.1) is 0 Å². The Bertz CT molecular complexity index is 953. The third-order valence-electron chi connectivity index (χ3n) is 2.96. The van der Waals surface area contributed by atoms with E-state index in [-0.39, 0.29) is 5.43 Å². The van der Waals surface area contributed by atoms with E-state index in [1.54, 1.807) is 41.5 Å². The van der Waals surface area contributed by atoms with Crippen molar-refractivity contribution in [3.63, 3.8) is 0 Å². The van der Waals surface area contributed by atoms with Crippen molar-refractivity contribution in [3.05, 3.63) is 47.3 Å². The second-order valence-corrected chi connectivity index (χ2v) is 3.99. The van der Waals surface area contributed by atoms with E-state index >= 15 is 0 Å². The molecule has 0 atom stereocenters. The maximum absolute atomic E-state index is 12.3. The second kappa shape index (κ2) is 3.13. The summed E-state index contributed by atoms with van der Waals surface area (Å²) in [5, 5.41) is 0.592. The first-order chi connectivity index (χ1) is 8.84. The summed E-state index contributed by atoms with van der Waals surface area (Å²) in [6, 6.07) is 1.69. The highest BCUT2D eigenvalue weighted by atomic mass is 16.1. The molecule has 0 aliphatic carbocycles. The van der Waals surface area contributed by atoms with Crippen LogP contribution in [0.1, 0.15) is 0 Å². The first-order valence-electron chi connectivity index (χ1n) is 5.42. The molecule has 4 heterocycles. The minimum atomic E-state index is -0.0927. The Morgan fingerprint density at radius 3 is 3.00 bits per heavy atom. The van der Waals surface area contributed by atoms with Gasteiger partial charge in [-0.05, 0) is 6.07 Å². The number of aromatic nitrogens is 5. The van der Waals surface area contributed by atoms with Crippen molar-refractivity contribution >= 4 is 27.7 Å². The zero-order chi connectivity index (χ0) is 12.1. The van der Waals surface area contributed by atoms with Crippen LogP contribution in [0.25, 0.3) is 27.7 Å². The number of aromatic amines is 1. The van der Waals surface area contributed by atoms with E-state index < -0.39 is 0 Å². The van der Waals surface area contributed by atoms with Crippen LogP contribution < -0.4 is 5.43 Å². The van der Waals surface area contributed by atoms with Crippen molar-refractivity contribution in [2.24, 2.45) is 0 Å². The standard InChI is InChI=1S/C12H7N5O/c18-11-7-1-2-13-5-8(7)15-12-10(11)16-9-6-14-3-4-17(9)12/h1-6H,(H,15,18). The fraction of sp³-hybridized carbons (Fsp3) is 0. The lowest BCUT2D eigenvalue weighted by atomic mass is 10.2. The zero-order valence-corrected chi connectivity index (χ0v) is 9.16. The lowest BCUT2D eigenvalue weighted by molar-refractivity contribution is 1.13. The van der Waals surface area contributed by atoms with Crippen LogP contribution >= 0.6 is 0 Å². The molecule has 6 heteroatoms. The SMILES string of the molecule is O=c1c2ccncc2[nH]c2c1nc1cnccn12. The van der Waals surface area contributed by atoms with Crippen LogP contribution in [0.2, 0.25) is 0 Å². The quantitative estimate of drug-likeness (QED) is 0.497. The predicted molar refractivity (Wildman–Crippen MR) is 66.4 cm³/mol. The van der Waals surface area contributed by atoms with Crippen molar-refractivity contribution in [1.29, 1.82) is 0 Å². The number of pyridine rings is 2. The molecule has 4 aromatic rings. The Labute approximate surface area is 100.0 Å². The van der Waals surface area contributed by atoms with Gasteiger partial charge in [0.1, 0.15) is 5.65 Å². The zero-order valence-electron chi connectivity index (χ0n) is 9.16. The Morgan fingerprint density at radius 1 is 1.17 bits per heavy atom. The molecular weight excluding hydrogens is 230 g/mol. The summed E-state index contributed by atoms with van der Waals surface area (Å²) in [6.07, 6.45) is 8.27. The normalized spacial score (nSPS) is 11.6. The highest BCUT2D eigenvalue weighted by Crippen LogP contribution is 2.14. The predicted octanol–water partition coefficient (Wildman–Crippen LogP) is 1.12. The van der Waals surface area contributed by atoms with E-state index in [0.29, 0.717) is 27.7 Å². The molecule has 0 unspecified atom stereocenters. The second-order valence-electron chi connectivity index (χ2n) is 3.99. The number of H-pyrrole nitrogens is 1. The molecule has 86 valence electrons. The number of hydrogen-bond acceptors (Lipinski definition) is 4. The van der Waals surface area contributed by atoms with Gasteiger partial charge in [-0.1, -0.05) is 0 Å². The smallest absolute Gasteiger partial charge is 0.217 e. The topological polar surface area (TPSA) is 75.9 Å². The average Bonchev–Trinajstić information content (AvgIpc) is 2.79. The summed E-state index contributed by atoms with van der Waals surface area (Å²) in [6.45, 7) is 0. The van der Waals surface area contributed by atoms with E-state index in [0.717, 1.165) is 0 Å². The van der Waals surface area contributed by atoms with Crippen molar-refractivity contribution in [3.8, 4) is 0 Å². The molecule has 6 nitrogen and oxygen atoms in total. The van der Waals surface area contributed by atoms with Crippen molar-refractivity contribution in [1.82, 2.24) is 24.3 Å². The summed E-state index contributed by atoms with van der Waals surface area (Å²) < 4.78 is 1.80. The molecule has 0 bridgehead atoms. The van der Waals surface area contributed by atoms with Gasteiger partial charge in [-0.15, -0.1) is 0 Å². The van der Waals surface area contributed by atoms with Crippen LogP contribution in [0.5, 0.6) is 0 Å². The van der Waals surface area contributed by atoms with E-state index in [1.807, 2.05) is 0 Å². The molecular formula is C12H7N5O. The molecule has 0 saturated carbocycles. The Kier molecular flexibility index (Phi) is 1.62. The Balaban J connectivity index is 2.38. The molecule has 0 aliphatic heterocycles. The summed E-state index contributed by atoms with van der Waals surface area (Å²) >= 11 is 0. The molecule has 0 fully saturated rings. The molecule has 18 heavy (non-hydrogen) atoms. The van der Waals surface area contributed by atoms with Gasteiger partial charge >= 0.3 is 0 Å². The van der Waals surface area contributed by atoms with E-state index in [4.69, 9.17) is 0 Å². The first kappa shape index (κ1) is 9.29. The molecule has 0 saturated heterocycles. The van der Waals surface area contributed by atoms with Gasteiger partial charge in [0.2, 0.25) is 5.43 Å². The van der Waals surface area contributed by atoms with Gasteiger partial charge in [-0.2, -0.15) is 0 Å². The summed E-state index contributed by atoms with van der Waals surface area (Å²) in [5.74, 6) is 0. The van der Waals surface area contributed by atoms with Crippen LogP contribution in [0.4, 0.5) is 0 Å². The monoisotopic (exact) mass is 237 g/mol. The Morgan fingerprint density at radius 2 is 2.06 bits per heavy atom. The maximum Gasteiger partial charge on any atom is 0.217 e. The first-order valence-corrected chi connectivity index (χ1v) is 5.42. The number of hydrogen-bond donors (Lipinski definition) is 1. The number of nitrogens with zero attached hydrogens (tertiary/aromatic N) is 4. The highest BCUT2D eigenvalue weighted by Gasteiger charge is 2.11. The fourth-order valence-electron chi connectivity index (χ4n) is 2.13. The third kappa shape index (κ3) is 1.06. The molecule has 0 radical (unpaired) electrons. The van der Waals surface area contributed by atoms with Crippen molar-refractivity contribution in [2.75, 3.05) is 0 Å². The highest BCUT2D eigenvalue weighted by molar-refractivity contribution is 5.90. The largest absolute Gasteiger partial charge is 0.338 e. The maximum atomic E-state index is 12.3. The van der Waals surface area contributed by atoms with Gasteiger partial charge in [0.15, 0.2) is 11.2 Å². The number of rotatable bonds is 0. The van der Waals surface area contributed by atoms with Crippen LogP contribution in [0.15, 0.2) is 41.8 Å². The molecule has 0 aromatic carbocycles.